The fourth-order valence-corrected chi connectivity index (χ4v) is 2.26. The molecule has 0 heterocycles. The highest BCUT2D eigenvalue weighted by atomic mass is 19.1. The molecule has 5 nitrogen and oxygen atoms in total. The van der Waals surface area contributed by atoms with Crippen LogP contribution in [0, 0.1) is 11.7 Å². The first-order valence-corrected chi connectivity index (χ1v) is 6.69. The number of carbonyl (C=O) groups is 2. The predicted octanol–water partition coefficient (Wildman–Crippen LogP) is 2.22. The molecule has 0 spiro atoms. The molecule has 3 unspecified atom stereocenters. The number of aliphatic carboxylic acids is 1. The van der Waals surface area contributed by atoms with Gasteiger partial charge in [0.05, 0.1) is 18.0 Å². The van der Waals surface area contributed by atoms with Gasteiger partial charge in [-0.3, -0.25) is 4.79 Å². The molecule has 1 aliphatic carbocycles. The molecule has 21 heavy (non-hydrogen) atoms. The van der Waals surface area contributed by atoms with Crippen LogP contribution < -0.4 is 10.6 Å². The largest absolute Gasteiger partial charge is 0.481 e. The van der Waals surface area contributed by atoms with Crippen LogP contribution in [0.15, 0.2) is 36.4 Å². The molecule has 1 aromatic carbocycles. The SMILES string of the molecule is CC(NC(=O)NC1C=CC(C(=O)O)C1)c1cccc(F)c1. The number of nitrogens with one attached hydrogen (secondary N) is 2. The Morgan fingerprint density at radius 1 is 1.38 bits per heavy atom. The summed E-state index contributed by atoms with van der Waals surface area (Å²) in [6.45, 7) is 1.75. The highest BCUT2D eigenvalue weighted by Crippen LogP contribution is 2.18. The molecule has 2 amide bonds. The molecular formula is C15H17FN2O3. The molecule has 1 aromatic rings. The van der Waals surface area contributed by atoms with Crippen molar-refractivity contribution in [2.75, 3.05) is 0 Å². The summed E-state index contributed by atoms with van der Waals surface area (Å²) in [4.78, 5) is 22.7. The van der Waals surface area contributed by atoms with Crippen molar-refractivity contribution in [1.82, 2.24) is 10.6 Å². The van der Waals surface area contributed by atoms with Crippen LogP contribution in [0.3, 0.4) is 0 Å². The number of amides is 2. The van der Waals surface area contributed by atoms with Crippen LogP contribution in [0.25, 0.3) is 0 Å². The number of carboxylic acid groups (broad SMARTS) is 1. The zero-order chi connectivity index (χ0) is 15.4. The van der Waals surface area contributed by atoms with Crippen molar-refractivity contribution in [3.05, 3.63) is 47.8 Å². The summed E-state index contributed by atoms with van der Waals surface area (Å²) in [6, 6.07) is 4.95. The van der Waals surface area contributed by atoms with Gasteiger partial charge in [-0.1, -0.05) is 24.3 Å². The Kier molecular flexibility index (Phi) is 4.57. The van der Waals surface area contributed by atoms with Crippen LogP contribution in [0.2, 0.25) is 0 Å². The summed E-state index contributed by atoms with van der Waals surface area (Å²) in [5.74, 6) is -1.82. The van der Waals surface area contributed by atoms with Crippen LogP contribution >= 0.6 is 0 Å². The van der Waals surface area contributed by atoms with Gasteiger partial charge in [0, 0.05) is 0 Å². The number of halogens is 1. The Bertz CT molecular complexity index is 574. The summed E-state index contributed by atoms with van der Waals surface area (Å²) >= 11 is 0. The van der Waals surface area contributed by atoms with E-state index in [1.54, 1.807) is 31.2 Å². The Balaban J connectivity index is 1.85. The van der Waals surface area contributed by atoms with Crippen molar-refractivity contribution in [2.45, 2.75) is 25.4 Å². The number of carboxylic acids is 1. The van der Waals surface area contributed by atoms with Crippen LogP contribution in [-0.2, 0) is 4.79 Å². The van der Waals surface area contributed by atoms with E-state index in [1.807, 2.05) is 0 Å². The standard InChI is InChI=1S/C15H17FN2O3/c1-9(10-3-2-4-12(16)7-10)17-15(21)18-13-6-5-11(8-13)14(19)20/h2-7,9,11,13H,8H2,1H3,(H,19,20)(H2,17,18,21). The van der Waals surface area contributed by atoms with Gasteiger partial charge >= 0.3 is 12.0 Å². The Morgan fingerprint density at radius 2 is 2.14 bits per heavy atom. The normalized spacial score (nSPS) is 21.8. The quantitative estimate of drug-likeness (QED) is 0.744. The number of hydrogen-bond acceptors (Lipinski definition) is 2. The van der Waals surface area contributed by atoms with E-state index in [0.717, 1.165) is 0 Å². The van der Waals surface area contributed by atoms with Gasteiger partial charge in [-0.25, -0.2) is 9.18 Å². The van der Waals surface area contributed by atoms with Gasteiger partial charge in [-0.05, 0) is 31.0 Å². The number of carbonyl (C=O) groups excluding carboxylic acids is 1. The summed E-state index contributed by atoms with van der Waals surface area (Å²) in [7, 11) is 0. The molecule has 6 heteroatoms. The molecule has 0 saturated carbocycles. The van der Waals surface area contributed by atoms with E-state index >= 15 is 0 Å². The fourth-order valence-electron chi connectivity index (χ4n) is 2.26. The van der Waals surface area contributed by atoms with E-state index in [9.17, 15) is 14.0 Å². The van der Waals surface area contributed by atoms with Gasteiger partial charge in [-0.2, -0.15) is 0 Å². The number of urea groups is 1. The van der Waals surface area contributed by atoms with Crippen molar-refractivity contribution in [2.24, 2.45) is 5.92 Å². The lowest BCUT2D eigenvalue weighted by Crippen LogP contribution is -2.42. The van der Waals surface area contributed by atoms with E-state index in [4.69, 9.17) is 5.11 Å². The van der Waals surface area contributed by atoms with E-state index < -0.39 is 17.9 Å². The molecule has 0 aromatic heterocycles. The third kappa shape index (κ3) is 4.05. The second kappa shape index (κ2) is 6.39. The zero-order valence-electron chi connectivity index (χ0n) is 11.5. The number of benzene rings is 1. The highest BCUT2D eigenvalue weighted by Gasteiger charge is 2.25. The molecule has 3 N–H and O–H groups in total. The molecule has 0 fully saturated rings. The van der Waals surface area contributed by atoms with Crippen LogP contribution in [-0.4, -0.2) is 23.1 Å². The van der Waals surface area contributed by atoms with Crippen molar-refractivity contribution < 1.29 is 19.1 Å². The van der Waals surface area contributed by atoms with Gasteiger partial charge in [-0.15, -0.1) is 0 Å². The lowest BCUT2D eigenvalue weighted by molar-refractivity contribution is -0.140. The van der Waals surface area contributed by atoms with Gasteiger partial charge in [0.15, 0.2) is 0 Å². The van der Waals surface area contributed by atoms with Crippen molar-refractivity contribution in [3.8, 4) is 0 Å². The van der Waals surface area contributed by atoms with Gasteiger partial charge in [0.25, 0.3) is 0 Å². The minimum atomic E-state index is -0.899. The first kappa shape index (κ1) is 15.0. The second-order valence-electron chi connectivity index (χ2n) is 5.07. The van der Waals surface area contributed by atoms with Crippen LogP contribution in [0.4, 0.5) is 9.18 Å². The topological polar surface area (TPSA) is 78.4 Å². The Hall–Kier alpha value is -2.37. The monoisotopic (exact) mass is 292 g/mol. The Labute approximate surface area is 121 Å². The minimum Gasteiger partial charge on any atom is -0.481 e. The maximum absolute atomic E-state index is 13.1. The summed E-state index contributed by atoms with van der Waals surface area (Å²) in [6.07, 6.45) is 3.59. The molecule has 1 aliphatic rings. The van der Waals surface area contributed by atoms with E-state index in [2.05, 4.69) is 10.6 Å². The molecule has 0 saturated heterocycles. The first-order valence-electron chi connectivity index (χ1n) is 6.69. The minimum absolute atomic E-state index is 0.300. The first-order chi connectivity index (χ1) is 9.95. The molecule has 2 rings (SSSR count). The third-order valence-corrected chi connectivity index (χ3v) is 3.41. The van der Waals surface area contributed by atoms with Crippen molar-refractivity contribution >= 4 is 12.0 Å². The van der Waals surface area contributed by atoms with Gasteiger partial charge in [0.1, 0.15) is 5.82 Å². The summed E-state index contributed by atoms with van der Waals surface area (Å²) < 4.78 is 13.1. The average Bonchev–Trinajstić information content (AvgIpc) is 2.87. The lowest BCUT2D eigenvalue weighted by atomic mass is 10.1. The second-order valence-corrected chi connectivity index (χ2v) is 5.07. The van der Waals surface area contributed by atoms with Crippen molar-refractivity contribution in [3.63, 3.8) is 0 Å². The van der Waals surface area contributed by atoms with Crippen LogP contribution in [0.5, 0.6) is 0 Å². The van der Waals surface area contributed by atoms with E-state index in [1.165, 1.54) is 12.1 Å². The highest BCUT2D eigenvalue weighted by molar-refractivity contribution is 5.76. The average molecular weight is 292 g/mol. The summed E-state index contributed by atoms with van der Waals surface area (Å²) in [5, 5.41) is 14.3. The molecule has 0 aliphatic heterocycles. The van der Waals surface area contributed by atoms with E-state index in [0.29, 0.717) is 12.0 Å². The molecule has 112 valence electrons. The molecular weight excluding hydrogens is 275 g/mol. The van der Waals surface area contributed by atoms with Crippen LogP contribution in [0.1, 0.15) is 24.9 Å². The predicted molar refractivity (Wildman–Crippen MR) is 75.2 cm³/mol. The number of hydrogen-bond donors (Lipinski definition) is 3. The maximum atomic E-state index is 13.1. The smallest absolute Gasteiger partial charge is 0.315 e. The summed E-state index contributed by atoms with van der Waals surface area (Å²) in [5.41, 5.74) is 0.663. The molecule has 0 bridgehead atoms. The lowest BCUT2D eigenvalue weighted by Gasteiger charge is -2.17. The number of rotatable bonds is 4. The van der Waals surface area contributed by atoms with E-state index in [-0.39, 0.29) is 17.9 Å². The van der Waals surface area contributed by atoms with Gasteiger partial charge in [0.2, 0.25) is 0 Å². The third-order valence-electron chi connectivity index (χ3n) is 3.41. The zero-order valence-corrected chi connectivity index (χ0v) is 11.5. The van der Waals surface area contributed by atoms with Gasteiger partial charge < -0.3 is 15.7 Å². The maximum Gasteiger partial charge on any atom is 0.315 e. The fraction of sp³-hybridized carbons (Fsp3) is 0.333. The molecule has 3 atom stereocenters. The van der Waals surface area contributed by atoms with Crippen molar-refractivity contribution in [1.29, 1.82) is 0 Å². The Morgan fingerprint density at radius 3 is 2.76 bits per heavy atom. The molecule has 0 radical (unpaired) electrons.